The molecule has 4 saturated carbocycles. The fourth-order valence-corrected chi connectivity index (χ4v) is 12.5. The summed E-state index contributed by atoms with van der Waals surface area (Å²) in [4.78, 5) is 23.3. The lowest BCUT2D eigenvalue weighted by molar-refractivity contribution is -0.213. The highest BCUT2D eigenvalue weighted by atomic mass is 32.2. The fourth-order valence-electron chi connectivity index (χ4n) is 10.8. The van der Waals surface area contributed by atoms with Crippen molar-refractivity contribution in [1.29, 1.82) is 0 Å². The van der Waals surface area contributed by atoms with E-state index in [4.69, 9.17) is 14.2 Å². The molecule has 1 heterocycles. The topological polar surface area (TPSA) is 61.8 Å². The maximum absolute atomic E-state index is 11.9. The van der Waals surface area contributed by atoms with Crippen LogP contribution in [0.4, 0.5) is 0 Å². The number of fused-ring (bicyclic) bond motifs is 6. The molecule has 1 aliphatic heterocycles. The molecule has 5 nitrogen and oxygen atoms in total. The highest BCUT2D eigenvalue weighted by molar-refractivity contribution is 8.00. The van der Waals surface area contributed by atoms with Gasteiger partial charge in [0, 0.05) is 25.5 Å². The van der Waals surface area contributed by atoms with Crippen LogP contribution in [0.25, 0.3) is 0 Å². The number of thioether (sulfide) groups is 1. The van der Waals surface area contributed by atoms with E-state index in [0.717, 1.165) is 55.1 Å². The van der Waals surface area contributed by atoms with Gasteiger partial charge in [0.2, 0.25) is 0 Å². The van der Waals surface area contributed by atoms with Crippen LogP contribution in [0, 0.1) is 52.3 Å². The maximum Gasteiger partial charge on any atom is 0.303 e. The monoisotopic (exact) mass is 576 g/mol. The third-order valence-corrected chi connectivity index (χ3v) is 14.1. The van der Waals surface area contributed by atoms with Gasteiger partial charge in [-0.05, 0) is 97.7 Å². The van der Waals surface area contributed by atoms with Gasteiger partial charge in [0.05, 0.1) is 6.61 Å². The molecular formula is C34H56O5S. The van der Waals surface area contributed by atoms with Gasteiger partial charge in [-0.1, -0.05) is 53.9 Å². The molecule has 11 atom stereocenters. The molecule has 228 valence electrons. The molecule has 4 aliphatic carbocycles. The summed E-state index contributed by atoms with van der Waals surface area (Å²) in [7, 11) is 0. The standard InChI is InChI=1S/C34H56O5S/c1-21(2)9-8-10-22(3)28-11-12-29-27-18-34(37-19-26(20-40-34)39-24(5)36)31-17-25(38-23(4)35)13-15-33(31,7)30(27)14-16-32(28,29)6/h21-22,25-31H,8-20H2,1-7H3/t22-,25+,26?,27+,28-,29+,30+,31+,32-,33-,34+/m1/s1. The van der Waals surface area contributed by atoms with Gasteiger partial charge in [0.15, 0.2) is 0 Å². The van der Waals surface area contributed by atoms with Crippen LogP contribution in [0.2, 0.25) is 0 Å². The largest absolute Gasteiger partial charge is 0.463 e. The van der Waals surface area contributed by atoms with E-state index in [9.17, 15) is 9.59 Å². The summed E-state index contributed by atoms with van der Waals surface area (Å²) in [6.07, 6.45) is 13.4. The average Bonchev–Trinajstić information content (AvgIpc) is 3.23. The highest BCUT2D eigenvalue weighted by Gasteiger charge is 2.67. The van der Waals surface area contributed by atoms with Crippen LogP contribution in [-0.2, 0) is 23.8 Å². The number of carbonyl (C=O) groups is 2. The number of ether oxygens (including phenoxy) is 3. The first kappa shape index (κ1) is 30.7. The van der Waals surface area contributed by atoms with E-state index in [1.807, 2.05) is 11.8 Å². The minimum absolute atomic E-state index is 0.0178. The van der Waals surface area contributed by atoms with E-state index in [2.05, 4.69) is 34.6 Å². The Morgan fingerprint density at radius 1 is 0.900 bits per heavy atom. The molecule has 1 saturated heterocycles. The predicted octanol–water partition coefficient (Wildman–Crippen LogP) is 8.04. The number of hydrogen-bond donors (Lipinski definition) is 0. The van der Waals surface area contributed by atoms with Crippen molar-refractivity contribution in [1.82, 2.24) is 0 Å². The Kier molecular flexibility index (Phi) is 9.01. The lowest BCUT2D eigenvalue weighted by Crippen LogP contribution is -2.64. The third kappa shape index (κ3) is 5.63. The molecule has 0 aromatic heterocycles. The molecular weight excluding hydrogens is 520 g/mol. The normalized spacial score (nSPS) is 45.4. The molecule has 0 aromatic carbocycles. The Labute approximate surface area is 248 Å². The van der Waals surface area contributed by atoms with Crippen molar-refractivity contribution in [3.05, 3.63) is 0 Å². The number of rotatable bonds is 7. The smallest absolute Gasteiger partial charge is 0.303 e. The van der Waals surface area contributed by atoms with E-state index in [1.54, 1.807) is 6.92 Å². The molecule has 6 heteroatoms. The van der Waals surface area contributed by atoms with E-state index >= 15 is 0 Å². The van der Waals surface area contributed by atoms with Gasteiger partial charge in [0.1, 0.15) is 17.1 Å². The van der Waals surface area contributed by atoms with E-state index in [1.165, 1.54) is 51.9 Å². The van der Waals surface area contributed by atoms with Gasteiger partial charge in [-0.2, -0.15) is 0 Å². The predicted molar refractivity (Wildman–Crippen MR) is 161 cm³/mol. The Morgan fingerprint density at radius 2 is 1.57 bits per heavy atom. The summed E-state index contributed by atoms with van der Waals surface area (Å²) in [5.74, 6) is 5.32. The van der Waals surface area contributed by atoms with Crippen LogP contribution < -0.4 is 0 Å². The Hall–Kier alpha value is -0.750. The van der Waals surface area contributed by atoms with E-state index in [0.29, 0.717) is 29.8 Å². The lowest BCUT2D eigenvalue weighted by atomic mass is 9.43. The Balaban J connectivity index is 1.40. The van der Waals surface area contributed by atoms with Crippen molar-refractivity contribution in [2.45, 2.75) is 136 Å². The minimum Gasteiger partial charge on any atom is -0.463 e. The molecule has 5 aliphatic rings. The van der Waals surface area contributed by atoms with Crippen LogP contribution in [0.15, 0.2) is 0 Å². The number of carbonyl (C=O) groups excluding carboxylic acids is 2. The van der Waals surface area contributed by atoms with E-state index in [-0.39, 0.29) is 34.5 Å². The van der Waals surface area contributed by atoms with Gasteiger partial charge in [-0.25, -0.2) is 0 Å². The maximum atomic E-state index is 11.9. The molecule has 0 radical (unpaired) electrons. The first-order valence-electron chi connectivity index (χ1n) is 16.5. The van der Waals surface area contributed by atoms with Crippen LogP contribution >= 0.6 is 11.8 Å². The van der Waals surface area contributed by atoms with Gasteiger partial charge >= 0.3 is 11.9 Å². The third-order valence-electron chi connectivity index (χ3n) is 12.5. The minimum atomic E-state index is -0.287. The summed E-state index contributed by atoms with van der Waals surface area (Å²) < 4.78 is 18.3. The Bertz CT molecular complexity index is 927. The quantitative estimate of drug-likeness (QED) is 0.286. The zero-order valence-electron chi connectivity index (χ0n) is 26.3. The second kappa shape index (κ2) is 11.7. The fraction of sp³-hybridized carbons (Fsp3) is 0.941. The molecule has 40 heavy (non-hydrogen) atoms. The van der Waals surface area contributed by atoms with Crippen molar-refractivity contribution in [2.75, 3.05) is 12.4 Å². The van der Waals surface area contributed by atoms with Crippen molar-refractivity contribution >= 4 is 23.7 Å². The van der Waals surface area contributed by atoms with Crippen molar-refractivity contribution in [3.63, 3.8) is 0 Å². The zero-order valence-corrected chi connectivity index (χ0v) is 27.2. The molecule has 5 fully saturated rings. The average molecular weight is 577 g/mol. The van der Waals surface area contributed by atoms with Gasteiger partial charge in [-0.3, -0.25) is 9.59 Å². The second-order valence-corrected chi connectivity index (χ2v) is 16.7. The second-order valence-electron chi connectivity index (χ2n) is 15.3. The van der Waals surface area contributed by atoms with Crippen LogP contribution in [0.3, 0.4) is 0 Å². The summed E-state index contributed by atoms with van der Waals surface area (Å²) in [5, 5.41) is 0. The highest BCUT2D eigenvalue weighted by Crippen LogP contribution is 2.72. The first-order valence-corrected chi connectivity index (χ1v) is 17.5. The first-order chi connectivity index (χ1) is 18.9. The molecule has 0 bridgehead atoms. The Morgan fingerprint density at radius 3 is 2.23 bits per heavy atom. The number of hydrogen-bond acceptors (Lipinski definition) is 6. The summed E-state index contributed by atoms with van der Waals surface area (Å²) in [5.41, 5.74) is 0.612. The van der Waals surface area contributed by atoms with Crippen LogP contribution in [0.5, 0.6) is 0 Å². The van der Waals surface area contributed by atoms with Crippen molar-refractivity contribution < 1.29 is 23.8 Å². The summed E-state index contributed by atoms with van der Waals surface area (Å²) >= 11 is 1.91. The van der Waals surface area contributed by atoms with Crippen molar-refractivity contribution in [3.8, 4) is 0 Å². The van der Waals surface area contributed by atoms with Gasteiger partial charge in [-0.15, -0.1) is 11.8 Å². The molecule has 0 aromatic rings. The van der Waals surface area contributed by atoms with Gasteiger partial charge < -0.3 is 14.2 Å². The zero-order chi connectivity index (χ0) is 28.9. The van der Waals surface area contributed by atoms with Crippen LogP contribution in [-0.4, -0.2) is 41.4 Å². The lowest BCUT2D eigenvalue weighted by Gasteiger charge is -2.66. The van der Waals surface area contributed by atoms with Gasteiger partial charge in [0.25, 0.3) is 0 Å². The molecule has 1 unspecified atom stereocenters. The SMILES string of the molecule is CC(=O)OC1CO[C@@]2(C[C@H]3[C@@H]4CC[C@H]([C@H](C)CCCC(C)C)[C@@]4(C)CC[C@@H]3[C@@]3(C)CC[C@H](OC(C)=O)C[C@@H]32)SC1. The van der Waals surface area contributed by atoms with Crippen molar-refractivity contribution in [2.24, 2.45) is 52.3 Å². The van der Waals surface area contributed by atoms with Crippen LogP contribution in [0.1, 0.15) is 119 Å². The molecule has 5 rings (SSSR count). The molecule has 0 amide bonds. The number of esters is 2. The molecule has 1 spiro atoms. The summed E-state index contributed by atoms with van der Waals surface area (Å²) in [6, 6.07) is 0. The summed E-state index contributed by atoms with van der Waals surface area (Å²) in [6.45, 7) is 16.0. The van der Waals surface area contributed by atoms with E-state index < -0.39 is 0 Å². The molecule has 0 N–H and O–H groups in total.